The number of carbonyl (C=O) groups is 2. The fourth-order valence-electron chi connectivity index (χ4n) is 2.82. The minimum atomic E-state index is -0.110. The quantitative estimate of drug-likeness (QED) is 0.610. The molecule has 0 aromatic carbocycles. The molecule has 1 heterocycles. The number of methoxy groups -OCH3 is 1. The third-order valence-electron chi connectivity index (χ3n) is 4.34. The van der Waals surface area contributed by atoms with Crippen LogP contribution in [0.15, 0.2) is 0 Å². The number of nitrogens with zero attached hydrogens (tertiary/aromatic N) is 1. The molecule has 6 nitrogen and oxygen atoms in total. The van der Waals surface area contributed by atoms with Gasteiger partial charge < -0.3 is 20.3 Å². The Morgan fingerprint density at radius 3 is 2.61 bits per heavy atom. The van der Waals surface area contributed by atoms with Crippen LogP contribution in [-0.4, -0.2) is 63.7 Å². The highest BCUT2D eigenvalue weighted by atomic mass is 35.5. The standard InChI is InChI=1S/C16H31N3O3.ClH/c1-13(14-5-8-17-9-6-14)11-16(21)19(2)12-15(20)18-7-4-10-22-3;/h13-14,17H,4-12H2,1-3H3,(H,18,20);1H. The summed E-state index contributed by atoms with van der Waals surface area (Å²) >= 11 is 0. The third-order valence-corrected chi connectivity index (χ3v) is 4.34. The molecule has 136 valence electrons. The summed E-state index contributed by atoms with van der Waals surface area (Å²) in [7, 11) is 3.34. The van der Waals surface area contributed by atoms with Crippen LogP contribution in [0.3, 0.4) is 0 Å². The van der Waals surface area contributed by atoms with Gasteiger partial charge in [-0.3, -0.25) is 9.59 Å². The lowest BCUT2D eigenvalue weighted by Gasteiger charge is -2.29. The maximum atomic E-state index is 12.2. The van der Waals surface area contributed by atoms with Gasteiger partial charge in [-0.2, -0.15) is 0 Å². The van der Waals surface area contributed by atoms with Crippen LogP contribution >= 0.6 is 12.4 Å². The third kappa shape index (κ3) is 9.13. The van der Waals surface area contributed by atoms with E-state index in [-0.39, 0.29) is 30.8 Å². The topological polar surface area (TPSA) is 70.7 Å². The number of nitrogens with one attached hydrogen (secondary N) is 2. The van der Waals surface area contributed by atoms with Gasteiger partial charge in [0.15, 0.2) is 0 Å². The number of hydrogen-bond acceptors (Lipinski definition) is 4. The van der Waals surface area contributed by atoms with Gasteiger partial charge in [0.1, 0.15) is 0 Å². The molecule has 1 aliphatic heterocycles. The summed E-state index contributed by atoms with van der Waals surface area (Å²) < 4.78 is 4.92. The number of amides is 2. The number of likely N-dealkylation sites (N-methyl/N-ethyl adjacent to an activating group) is 1. The summed E-state index contributed by atoms with van der Waals surface area (Å²) in [4.78, 5) is 25.5. The van der Waals surface area contributed by atoms with E-state index in [1.54, 1.807) is 14.2 Å². The summed E-state index contributed by atoms with van der Waals surface area (Å²) in [5, 5.41) is 6.14. The van der Waals surface area contributed by atoms with E-state index in [1.807, 2.05) is 0 Å². The van der Waals surface area contributed by atoms with Crippen molar-refractivity contribution in [1.82, 2.24) is 15.5 Å². The molecule has 0 radical (unpaired) electrons. The van der Waals surface area contributed by atoms with Crippen LogP contribution in [0.25, 0.3) is 0 Å². The summed E-state index contributed by atoms with van der Waals surface area (Å²) in [5.41, 5.74) is 0. The number of ether oxygens (including phenoxy) is 1. The summed E-state index contributed by atoms with van der Waals surface area (Å²) in [6.45, 7) is 5.58. The van der Waals surface area contributed by atoms with Crippen LogP contribution in [0, 0.1) is 11.8 Å². The average Bonchev–Trinajstić information content (AvgIpc) is 2.52. The molecule has 1 saturated heterocycles. The van der Waals surface area contributed by atoms with Crippen molar-refractivity contribution in [2.24, 2.45) is 11.8 Å². The van der Waals surface area contributed by atoms with Crippen molar-refractivity contribution in [3.8, 4) is 0 Å². The molecule has 2 N–H and O–H groups in total. The first-order valence-corrected chi connectivity index (χ1v) is 8.25. The fourth-order valence-corrected chi connectivity index (χ4v) is 2.82. The second-order valence-corrected chi connectivity index (χ2v) is 6.21. The zero-order chi connectivity index (χ0) is 16.4. The molecule has 1 aliphatic rings. The van der Waals surface area contributed by atoms with Crippen molar-refractivity contribution in [3.05, 3.63) is 0 Å². The summed E-state index contributed by atoms with van der Waals surface area (Å²) in [6.07, 6.45) is 3.58. The van der Waals surface area contributed by atoms with Gasteiger partial charge >= 0.3 is 0 Å². The van der Waals surface area contributed by atoms with Gasteiger partial charge in [0.25, 0.3) is 0 Å². The van der Waals surface area contributed by atoms with Gasteiger partial charge in [-0.15, -0.1) is 12.4 Å². The number of rotatable bonds is 9. The van der Waals surface area contributed by atoms with E-state index >= 15 is 0 Å². The van der Waals surface area contributed by atoms with Crippen LogP contribution in [0.5, 0.6) is 0 Å². The van der Waals surface area contributed by atoms with Crippen molar-refractivity contribution >= 4 is 24.2 Å². The highest BCUT2D eigenvalue weighted by Crippen LogP contribution is 2.24. The SMILES string of the molecule is COCCCNC(=O)CN(C)C(=O)CC(C)C1CCNCC1.Cl. The van der Waals surface area contributed by atoms with E-state index in [2.05, 4.69) is 17.6 Å². The Bertz CT molecular complexity index is 349. The highest BCUT2D eigenvalue weighted by Gasteiger charge is 2.23. The average molecular weight is 350 g/mol. The van der Waals surface area contributed by atoms with Crippen LogP contribution < -0.4 is 10.6 Å². The summed E-state index contributed by atoms with van der Waals surface area (Å²) in [5.74, 6) is 0.933. The van der Waals surface area contributed by atoms with Gasteiger partial charge in [-0.05, 0) is 44.2 Å². The number of hydrogen-bond donors (Lipinski definition) is 2. The van der Waals surface area contributed by atoms with E-state index in [1.165, 1.54) is 4.90 Å². The molecule has 0 aromatic heterocycles. The smallest absolute Gasteiger partial charge is 0.239 e. The molecule has 0 spiro atoms. The second kappa shape index (κ2) is 12.6. The number of piperidine rings is 1. The van der Waals surface area contributed by atoms with E-state index in [0.29, 0.717) is 31.4 Å². The molecule has 23 heavy (non-hydrogen) atoms. The maximum absolute atomic E-state index is 12.2. The Kier molecular flexibility index (Phi) is 12.1. The molecule has 1 unspecified atom stereocenters. The Hall–Kier alpha value is -0.850. The molecule has 0 bridgehead atoms. The molecule has 0 saturated carbocycles. The molecule has 1 rings (SSSR count). The predicted octanol–water partition coefficient (Wildman–Crippen LogP) is 1.05. The van der Waals surface area contributed by atoms with Gasteiger partial charge in [0, 0.05) is 33.7 Å². The molecule has 7 heteroatoms. The predicted molar refractivity (Wildman–Crippen MR) is 93.8 cm³/mol. The molecule has 1 atom stereocenters. The Labute approximate surface area is 146 Å². The normalized spacial score (nSPS) is 16.3. The first kappa shape index (κ1) is 22.1. The van der Waals surface area contributed by atoms with Crippen LogP contribution in [0.2, 0.25) is 0 Å². The molecular weight excluding hydrogens is 318 g/mol. The molecule has 0 aliphatic carbocycles. The monoisotopic (exact) mass is 349 g/mol. The Morgan fingerprint density at radius 1 is 1.35 bits per heavy atom. The van der Waals surface area contributed by atoms with Crippen molar-refractivity contribution < 1.29 is 14.3 Å². The van der Waals surface area contributed by atoms with E-state index in [0.717, 1.165) is 32.4 Å². The van der Waals surface area contributed by atoms with E-state index in [4.69, 9.17) is 4.74 Å². The zero-order valence-corrected chi connectivity index (χ0v) is 15.4. The van der Waals surface area contributed by atoms with Crippen LogP contribution in [-0.2, 0) is 14.3 Å². The maximum Gasteiger partial charge on any atom is 0.239 e. The first-order chi connectivity index (χ1) is 10.5. The minimum absolute atomic E-state index is 0. The molecular formula is C16H32ClN3O3. The van der Waals surface area contributed by atoms with Crippen LogP contribution in [0.1, 0.15) is 32.6 Å². The Balaban J connectivity index is 0.00000484. The van der Waals surface area contributed by atoms with E-state index < -0.39 is 0 Å². The lowest BCUT2D eigenvalue weighted by atomic mass is 9.84. The Morgan fingerprint density at radius 2 is 2.00 bits per heavy atom. The first-order valence-electron chi connectivity index (χ1n) is 8.25. The van der Waals surface area contributed by atoms with Crippen molar-refractivity contribution in [3.63, 3.8) is 0 Å². The highest BCUT2D eigenvalue weighted by molar-refractivity contribution is 5.85. The van der Waals surface area contributed by atoms with Crippen molar-refractivity contribution in [2.45, 2.75) is 32.6 Å². The lowest BCUT2D eigenvalue weighted by molar-refractivity contribution is -0.135. The van der Waals surface area contributed by atoms with Gasteiger partial charge in [-0.1, -0.05) is 6.92 Å². The minimum Gasteiger partial charge on any atom is -0.385 e. The zero-order valence-electron chi connectivity index (χ0n) is 14.6. The van der Waals surface area contributed by atoms with Crippen LogP contribution in [0.4, 0.5) is 0 Å². The fraction of sp³-hybridized carbons (Fsp3) is 0.875. The van der Waals surface area contributed by atoms with E-state index in [9.17, 15) is 9.59 Å². The van der Waals surface area contributed by atoms with Gasteiger partial charge in [-0.25, -0.2) is 0 Å². The van der Waals surface area contributed by atoms with Gasteiger partial charge in [0.05, 0.1) is 6.54 Å². The number of halogens is 1. The molecule has 1 fully saturated rings. The largest absolute Gasteiger partial charge is 0.385 e. The van der Waals surface area contributed by atoms with Crippen molar-refractivity contribution in [2.75, 3.05) is 46.9 Å². The molecule has 2 amide bonds. The second-order valence-electron chi connectivity index (χ2n) is 6.21. The number of carbonyl (C=O) groups excluding carboxylic acids is 2. The lowest BCUT2D eigenvalue weighted by Crippen LogP contribution is -2.40. The summed E-state index contributed by atoms with van der Waals surface area (Å²) in [6, 6.07) is 0. The van der Waals surface area contributed by atoms with Crippen molar-refractivity contribution in [1.29, 1.82) is 0 Å². The van der Waals surface area contributed by atoms with Gasteiger partial charge in [0.2, 0.25) is 11.8 Å². The molecule has 0 aromatic rings.